The molecular weight excluding hydrogens is 270 g/mol. The molecule has 1 aromatic heterocycles. The maximum absolute atomic E-state index is 6.63. The van der Waals surface area contributed by atoms with Gasteiger partial charge in [0.1, 0.15) is 12.2 Å². The van der Waals surface area contributed by atoms with E-state index < -0.39 is 0 Å². The van der Waals surface area contributed by atoms with Crippen molar-refractivity contribution in [3.63, 3.8) is 0 Å². The summed E-state index contributed by atoms with van der Waals surface area (Å²) in [5, 5.41) is 4.43. The van der Waals surface area contributed by atoms with E-state index in [1.54, 1.807) is 6.33 Å². The predicted octanol–water partition coefficient (Wildman–Crippen LogP) is 3.63. The van der Waals surface area contributed by atoms with Gasteiger partial charge in [0.05, 0.1) is 5.38 Å². The average molecular weight is 290 g/mol. The molecule has 0 saturated carbocycles. The highest BCUT2D eigenvalue weighted by atomic mass is 35.5. The van der Waals surface area contributed by atoms with Crippen LogP contribution in [-0.2, 0) is 19.4 Å². The number of hydrogen-bond donors (Lipinski definition) is 0. The van der Waals surface area contributed by atoms with Crippen molar-refractivity contribution in [2.45, 2.75) is 38.6 Å². The fourth-order valence-electron chi connectivity index (χ4n) is 2.98. The minimum Gasteiger partial charge on any atom is -0.250 e. The van der Waals surface area contributed by atoms with E-state index in [0.717, 1.165) is 25.2 Å². The standard InChI is InChI=1S/C16H20ClN3/c1-11(2)9-20-15(18-10-19-20)8-13-7-12-5-3-4-6-14(12)16(13)17/h3-6,10-11,13,16H,7-9H2,1-2H3. The van der Waals surface area contributed by atoms with Crippen molar-refractivity contribution in [3.05, 3.63) is 47.5 Å². The van der Waals surface area contributed by atoms with Crippen molar-refractivity contribution < 1.29 is 0 Å². The van der Waals surface area contributed by atoms with Crippen LogP contribution in [0.3, 0.4) is 0 Å². The molecule has 0 N–H and O–H groups in total. The Morgan fingerprint density at radius 1 is 1.35 bits per heavy atom. The molecule has 1 aromatic carbocycles. The maximum atomic E-state index is 6.63. The third-order valence-electron chi connectivity index (χ3n) is 3.93. The Morgan fingerprint density at radius 2 is 2.15 bits per heavy atom. The van der Waals surface area contributed by atoms with Gasteiger partial charge in [0.25, 0.3) is 0 Å². The molecule has 2 aromatic rings. The molecule has 0 aliphatic heterocycles. The van der Waals surface area contributed by atoms with E-state index in [1.165, 1.54) is 11.1 Å². The minimum atomic E-state index is 0.0930. The average Bonchev–Trinajstić information content (AvgIpc) is 2.96. The lowest BCUT2D eigenvalue weighted by Crippen LogP contribution is -2.15. The van der Waals surface area contributed by atoms with Gasteiger partial charge in [-0.25, -0.2) is 9.67 Å². The molecule has 2 unspecified atom stereocenters. The van der Waals surface area contributed by atoms with Crippen LogP contribution in [-0.4, -0.2) is 14.8 Å². The number of rotatable bonds is 4. The highest BCUT2D eigenvalue weighted by Gasteiger charge is 2.31. The SMILES string of the molecule is CC(C)Cn1ncnc1CC1Cc2ccccc2C1Cl. The molecule has 1 heterocycles. The number of alkyl halides is 1. The van der Waals surface area contributed by atoms with E-state index in [1.807, 2.05) is 4.68 Å². The molecule has 3 nitrogen and oxygen atoms in total. The zero-order valence-electron chi connectivity index (χ0n) is 12.0. The first kappa shape index (κ1) is 13.6. The molecule has 0 fully saturated rings. The number of fused-ring (bicyclic) bond motifs is 1. The van der Waals surface area contributed by atoms with Gasteiger partial charge in [0.15, 0.2) is 0 Å². The molecular formula is C16H20ClN3. The molecule has 1 aliphatic carbocycles. The number of benzene rings is 1. The second kappa shape index (κ2) is 5.57. The van der Waals surface area contributed by atoms with Crippen molar-refractivity contribution in [2.24, 2.45) is 11.8 Å². The number of nitrogens with zero attached hydrogens (tertiary/aromatic N) is 3. The summed E-state index contributed by atoms with van der Waals surface area (Å²) < 4.78 is 2.03. The number of aromatic nitrogens is 3. The summed E-state index contributed by atoms with van der Waals surface area (Å²) in [7, 11) is 0. The zero-order valence-corrected chi connectivity index (χ0v) is 12.7. The lowest BCUT2D eigenvalue weighted by atomic mass is 10.0. The van der Waals surface area contributed by atoms with Crippen LogP contribution >= 0.6 is 11.6 Å². The molecule has 0 bridgehead atoms. The van der Waals surface area contributed by atoms with Crippen molar-refractivity contribution in [1.82, 2.24) is 14.8 Å². The van der Waals surface area contributed by atoms with E-state index in [0.29, 0.717) is 11.8 Å². The van der Waals surface area contributed by atoms with Gasteiger partial charge in [0, 0.05) is 13.0 Å². The maximum Gasteiger partial charge on any atom is 0.138 e. The van der Waals surface area contributed by atoms with Crippen molar-refractivity contribution >= 4 is 11.6 Å². The second-order valence-corrected chi connectivity index (χ2v) is 6.49. The number of halogens is 1. The summed E-state index contributed by atoms with van der Waals surface area (Å²) in [6.07, 6.45) is 3.59. The Bertz CT molecular complexity index is 591. The molecule has 20 heavy (non-hydrogen) atoms. The molecule has 106 valence electrons. The molecule has 0 radical (unpaired) electrons. The summed E-state index contributed by atoms with van der Waals surface area (Å²) in [6.45, 7) is 5.31. The van der Waals surface area contributed by atoms with Gasteiger partial charge in [-0.2, -0.15) is 5.10 Å². The highest BCUT2D eigenvalue weighted by Crippen LogP contribution is 2.41. The van der Waals surface area contributed by atoms with Gasteiger partial charge in [-0.05, 0) is 29.4 Å². The quantitative estimate of drug-likeness (QED) is 0.805. The largest absolute Gasteiger partial charge is 0.250 e. The molecule has 3 rings (SSSR count). The smallest absolute Gasteiger partial charge is 0.138 e. The van der Waals surface area contributed by atoms with Crippen LogP contribution in [0, 0.1) is 11.8 Å². The van der Waals surface area contributed by atoms with E-state index in [9.17, 15) is 0 Å². The van der Waals surface area contributed by atoms with Crippen molar-refractivity contribution in [1.29, 1.82) is 0 Å². The lowest BCUT2D eigenvalue weighted by molar-refractivity contribution is 0.440. The van der Waals surface area contributed by atoms with Gasteiger partial charge >= 0.3 is 0 Å². The third-order valence-corrected chi connectivity index (χ3v) is 4.52. The van der Waals surface area contributed by atoms with Crippen LogP contribution < -0.4 is 0 Å². The second-order valence-electron chi connectivity index (χ2n) is 6.02. The van der Waals surface area contributed by atoms with Crippen LogP contribution in [0.25, 0.3) is 0 Å². The van der Waals surface area contributed by atoms with E-state index in [-0.39, 0.29) is 5.38 Å². The van der Waals surface area contributed by atoms with Crippen LogP contribution in [0.5, 0.6) is 0 Å². The van der Waals surface area contributed by atoms with E-state index in [4.69, 9.17) is 11.6 Å². The first-order valence-electron chi connectivity index (χ1n) is 7.23. The van der Waals surface area contributed by atoms with E-state index in [2.05, 4.69) is 48.2 Å². The Morgan fingerprint density at radius 3 is 2.90 bits per heavy atom. The normalized spacial score (nSPS) is 21.4. The first-order valence-corrected chi connectivity index (χ1v) is 7.67. The lowest BCUT2D eigenvalue weighted by Gasteiger charge is -2.15. The van der Waals surface area contributed by atoms with Crippen LogP contribution in [0.1, 0.15) is 36.2 Å². The minimum absolute atomic E-state index is 0.0930. The van der Waals surface area contributed by atoms with Crippen molar-refractivity contribution in [2.75, 3.05) is 0 Å². The molecule has 2 atom stereocenters. The Balaban J connectivity index is 1.76. The van der Waals surface area contributed by atoms with Crippen LogP contribution in [0.2, 0.25) is 0 Å². The van der Waals surface area contributed by atoms with Crippen LogP contribution in [0.15, 0.2) is 30.6 Å². The monoisotopic (exact) mass is 289 g/mol. The summed E-state index contributed by atoms with van der Waals surface area (Å²) in [6, 6.07) is 8.49. The van der Waals surface area contributed by atoms with Crippen molar-refractivity contribution in [3.8, 4) is 0 Å². The summed E-state index contributed by atoms with van der Waals surface area (Å²) in [4.78, 5) is 4.42. The summed E-state index contributed by atoms with van der Waals surface area (Å²) in [5.74, 6) is 2.05. The Kier molecular flexibility index (Phi) is 3.79. The van der Waals surface area contributed by atoms with Crippen LogP contribution in [0.4, 0.5) is 0 Å². The van der Waals surface area contributed by atoms with E-state index >= 15 is 0 Å². The Hall–Kier alpha value is -1.35. The number of hydrogen-bond acceptors (Lipinski definition) is 2. The van der Waals surface area contributed by atoms with Gasteiger partial charge < -0.3 is 0 Å². The van der Waals surface area contributed by atoms with Gasteiger partial charge in [-0.15, -0.1) is 11.6 Å². The molecule has 0 spiro atoms. The summed E-state index contributed by atoms with van der Waals surface area (Å²) >= 11 is 6.63. The first-order chi connectivity index (χ1) is 9.65. The third kappa shape index (κ3) is 2.59. The fraction of sp³-hybridized carbons (Fsp3) is 0.500. The summed E-state index contributed by atoms with van der Waals surface area (Å²) in [5.41, 5.74) is 2.67. The predicted molar refractivity (Wildman–Crippen MR) is 80.8 cm³/mol. The molecule has 0 amide bonds. The Labute approximate surface area is 125 Å². The molecule has 4 heteroatoms. The van der Waals surface area contributed by atoms with Gasteiger partial charge in [-0.3, -0.25) is 0 Å². The topological polar surface area (TPSA) is 30.7 Å². The molecule has 0 saturated heterocycles. The zero-order chi connectivity index (χ0) is 14.1. The highest BCUT2D eigenvalue weighted by molar-refractivity contribution is 6.21. The van der Waals surface area contributed by atoms with Gasteiger partial charge in [-0.1, -0.05) is 38.1 Å². The molecule has 1 aliphatic rings. The fourth-order valence-corrected chi connectivity index (χ4v) is 3.37. The van der Waals surface area contributed by atoms with Gasteiger partial charge in [0.2, 0.25) is 0 Å².